The first kappa shape index (κ1) is 17.2. The van der Waals surface area contributed by atoms with Gasteiger partial charge in [0, 0.05) is 57.9 Å². The van der Waals surface area contributed by atoms with E-state index >= 15 is 0 Å². The molecule has 0 radical (unpaired) electrons. The summed E-state index contributed by atoms with van der Waals surface area (Å²) in [5.41, 5.74) is 1.74. The molecule has 2 aromatic heterocycles. The summed E-state index contributed by atoms with van der Waals surface area (Å²) in [5.74, 6) is -0.0493. The molecule has 0 aromatic carbocycles. The molecule has 4 heterocycles. The molecular weight excluding hydrogens is 330 g/mol. The van der Waals surface area contributed by atoms with E-state index in [0.717, 1.165) is 38.9 Å². The fourth-order valence-electron chi connectivity index (χ4n) is 4.05. The Morgan fingerprint density at radius 2 is 2.27 bits per heavy atom. The third-order valence-corrected chi connectivity index (χ3v) is 5.35. The second kappa shape index (κ2) is 7.17. The summed E-state index contributed by atoms with van der Waals surface area (Å²) < 4.78 is 7.84. The average Bonchev–Trinajstić information content (AvgIpc) is 3.23. The molecule has 2 saturated heterocycles. The zero-order valence-electron chi connectivity index (χ0n) is 15.1. The topological polar surface area (TPSA) is 72.3 Å². The summed E-state index contributed by atoms with van der Waals surface area (Å²) in [6.45, 7) is 3.54. The lowest BCUT2D eigenvalue weighted by Crippen LogP contribution is -2.49. The lowest BCUT2D eigenvalue weighted by Gasteiger charge is -2.38. The molecule has 1 amide bonds. The lowest BCUT2D eigenvalue weighted by atomic mass is 9.89. The Kier molecular flexibility index (Phi) is 4.74. The number of ether oxygens (including phenoxy) is 1. The molecule has 26 heavy (non-hydrogen) atoms. The van der Waals surface area contributed by atoms with E-state index in [0.29, 0.717) is 12.2 Å². The third-order valence-electron chi connectivity index (χ3n) is 5.35. The van der Waals surface area contributed by atoms with Crippen molar-refractivity contribution in [3.05, 3.63) is 48.0 Å². The summed E-state index contributed by atoms with van der Waals surface area (Å²) in [7, 11) is 1.82. The van der Waals surface area contributed by atoms with Crippen LogP contribution in [0, 0.1) is 0 Å². The molecule has 138 valence electrons. The molecule has 0 bridgehead atoms. The number of nitrogens with zero attached hydrogens (tertiary/aromatic N) is 4. The van der Waals surface area contributed by atoms with Gasteiger partial charge in [0.2, 0.25) is 0 Å². The van der Waals surface area contributed by atoms with E-state index in [1.165, 1.54) is 5.56 Å². The largest absolute Gasteiger partial charge is 0.373 e. The minimum atomic E-state index is -0.141. The Balaban J connectivity index is 1.35. The number of carbonyl (C=O) groups excluding carboxylic acids is 1. The van der Waals surface area contributed by atoms with Crippen molar-refractivity contribution in [1.82, 2.24) is 25.0 Å². The van der Waals surface area contributed by atoms with E-state index in [2.05, 4.69) is 32.4 Å². The molecule has 0 saturated carbocycles. The number of pyridine rings is 1. The van der Waals surface area contributed by atoms with Gasteiger partial charge in [0.05, 0.1) is 17.4 Å². The van der Waals surface area contributed by atoms with Gasteiger partial charge in [0.15, 0.2) is 0 Å². The molecule has 2 aliphatic rings. The van der Waals surface area contributed by atoms with Gasteiger partial charge < -0.3 is 10.1 Å². The van der Waals surface area contributed by atoms with E-state index in [-0.39, 0.29) is 17.6 Å². The highest BCUT2D eigenvalue weighted by molar-refractivity contribution is 5.93. The zero-order valence-corrected chi connectivity index (χ0v) is 15.1. The summed E-state index contributed by atoms with van der Waals surface area (Å²) >= 11 is 0. The summed E-state index contributed by atoms with van der Waals surface area (Å²) in [6, 6.07) is 4.27. The Morgan fingerprint density at radius 1 is 1.42 bits per heavy atom. The van der Waals surface area contributed by atoms with Crippen LogP contribution in [0.3, 0.4) is 0 Å². The molecule has 1 spiro atoms. The summed E-state index contributed by atoms with van der Waals surface area (Å²) in [6.07, 6.45) is 9.76. The highest BCUT2D eigenvalue weighted by Crippen LogP contribution is 2.35. The van der Waals surface area contributed by atoms with Gasteiger partial charge in [0.1, 0.15) is 0 Å². The molecule has 0 unspecified atom stereocenters. The fraction of sp³-hybridized carbons (Fsp3) is 0.526. The molecule has 4 rings (SSSR count). The molecule has 2 aliphatic heterocycles. The highest BCUT2D eigenvalue weighted by atomic mass is 16.5. The van der Waals surface area contributed by atoms with Gasteiger partial charge in [-0.15, -0.1) is 0 Å². The van der Waals surface area contributed by atoms with Crippen LogP contribution in [0.4, 0.5) is 0 Å². The van der Waals surface area contributed by atoms with E-state index in [9.17, 15) is 4.79 Å². The van der Waals surface area contributed by atoms with Crippen LogP contribution in [0.15, 0.2) is 36.9 Å². The number of carbonyl (C=O) groups is 1. The first-order chi connectivity index (χ1) is 12.6. The quantitative estimate of drug-likeness (QED) is 0.897. The van der Waals surface area contributed by atoms with Crippen molar-refractivity contribution in [2.75, 3.05) is 19.7 Å². The predicted molar refractivity (Wildman–Crippen MR) is 96.5 cm³/mol. The van der Waals surface area contributed by atoms with Crippen LogP contribution in [-0.4, -0.2) is 56.9 Å². The number of hydrogen-bond donors (Lipinski definition) is 1. The van der Waals surface area contributed by atoms with Crippen molar-refractivity contribution >= 4 is 5.91 Å². The minimum absolute atomic E-state index is 0.0493. The first-order valence-electron chi connectivity index (χ1n) is 9.17. The summed E-state index contributed by atoms with van der Waals surface area (Å²) in [4.78, 5) is 18.9. The van der Waals surface area contributed by atoms with Crippen LogP contribution in [0.5, 0.6) is 0 Å². The van der Waals surface area contributed by atoms with Crippen LogP contribution in [0.1, 0.15) is 35.2 Å². The van der Waals surface area contributed by atoms with E-state index < -0.39 is 0 Å². The zero-order chi connectivity index (χ0) is 18.0. The smallest absolute Gasteiger partial charge is 0.254 e. The van der Waals surface area contributed by atoms with Crippen molar-refractivity contribution in [2.24, 2.45) is 7.05 Å². The average molecular weight is 355 g/mol. The molecule has 2 aromatic rings. The number of hydrogen-bond acceptors (Lipinski definition) is 5. The molecule has 2 fully saturated rings. The Morgan fingerprint density at radius 3 is 3.04 bits per heavy atom. The SMILES string of the molecule is Cn1cc(C(=O)N[C@H]2CCO[C@@]3(CCN(Cc4ccncc4)C3)C2)cn1. The molecule has 7 nitrogen and oxygen atoms in total. The van der Waals surface area contributed by atoms with Gasteiger partial charge in [0.25, 0.3) is 5.91 Å². The maximum Gasteiger partial charge on any atom is 0.254 e. The van der Waals surface area contributed by atoms with E-state index in [4.69, 9.17) is 4.74 Å². The molecule has 0 aliphatic carbocycles. The number of nitrogens with one attached hydrogen (secondary N) is 1. The standard InChI is InChI=1S/C19H25N5O2/c1-23-13-16(11-21-23)18(25)22-17-4-9-26-19(10-17)5-8-24(14-19)12-15-2-6-20-7-3-15/h2-3,6-7,11,13,17H,4-5,8-10,12,14H2,1H3,(H,22,25)/t17-,19-/m0/s1. The van der Waals surface area contributed by atoms with Gasteiger partial charge in [-0.1, -0.05) is 0 Å². The van der Waals surface area contributed by atoms with Crippen molar-refractivity contribution in [3.63, 3.8) is 0 Å². The van der Waals surface area contributed by atoms with Crippen LogP contribution in [-0.2, 0) is 18.3 Å². The Bertz CT molecular complexity index is 762. The lowest BCUT2D eigenvalue weighted by molar-refractivity contribution is -0.0793. The van der Waals surface area contributed by atoms with E-state index in [1.807, 2.05) is 19.4 Å². The van der Waals surface area contributed by atoms with Crippen molar-refractivity contribution in [2.45, 2.75) is 37.5 Å². The second-order valence-electron chi connectivity index (χ2n) is 7.41. The molecular formula is C19H25N5O2. The van der Waals surface area contributed by atoms with Crippen molar-refractivity contribution in [3.8, 4) is 0 Å². The van der Waals surface area contributed by atoms with Gasteiger partial charge in [-0.3, -0.25) is 19.4 Å². The van der Waals surface area contributed by atoms with Crippen LogP contribution >= 0.6 is 0 Å². The number of aromatic nitrogens is 3. The second-order valence-corrected chi connectivity index (χ2v) is 7.41. The maximum atomic E-state index is 12.4. The van der Waals surface area contributed by atoms with Crippen LogP contribution in [0.25, 0.3) is 0 Å². The highest BCUT2D eigenvalue weighted by Gasteiger charge is 2.43. The maximum absolute atomic E-state index is 12.4. The van der Waals surface area contributed by atoms with Gasteiger partial charge in [-0.25, -0.2) is 0 Å². The number of likely N-dealkylation sites (tertiary alicyclic amines) is 1. The predicted octanol–water partition coefficient (Wildman–Crippen LogP) is 1.37. The first-order valence-corrected chi connectivity index (χ1v) is 9.17. The molecule has 2 atom stereocenters. The summed E-state index contributed by atoms with van der Waals surface area (Å²) in [5, 5.41) is 7.24. The minimum Gasteiger partial charge on any atom is -0.373 e. The molecule has 7 heteroatoms. The molecule has 1 N–H and O–H groups in total. The number of amides is 1. The third kappa shape index (κ3) is 3.78. The monoisotopic (exact) mass is 355 g/mol. The van der Waals surface area contributed by atoms with Gasteiger partial charge >= 0.3 is 0 Å². The Labute approximate surface area is 153 Å². The van der Waals surface area contributed by atoms with E-state index in [1.54, 1.807) is 17.1 Å². The van der Waals surface area contributed by atoms with Gasteiger partial charge in [-0.05, 0) is 37.0 Å². The van der Waals surface area contributed by atoms with Crippen LogP contribution in [0.2, 0.25) is 0 Å². The number of rotatable bonds is 4. The normalized spacial score (nSPS) is 26.3. The van der Waals surface area contributed by atoms with Crippen molar-refractivity contribution in [1.29, 1.82) is 0 Å². The van der Waals surface area contributed by atoms with Gasteiger partial charge in [-0.2, -0.15) is 5.10 Å². The Hall–Kier alpha value is -2.25. The fourth-order valence-corrected chi connectivity index (χ4v) is 4.05. The van der Waals surface area contributed by atoms with Crippen molar-refractivity contribution < 1.29 is 9.53 Å². The number of aryl methyl sites for hydroxylation is 1. The van der Waals surface area contributed by atoms with Crippen LogP contribution < -0.4 is 5.32 Å².